The Kier molecular flexibility index (Phi) is 8.19. The van der Waals surface area contributed by atoms with E-state index in [4.69, 9.17) is 0 Å². The first-order valence-electron chi connectivity index (χ1n) is 19.9. The highest BCUT2D eigenvalue weighted by molar-refractivity contribution is 6.25. The summed E-state index contributed by atoms with van der Waals surface area (Å²) in [5.41, 5.74) is 14.0. The van der Waals surface area contributed by atoms with Crippen LogP contribution < -0.4 is 4.90 Å². The monoisotopic (exact) mass is 738 g/mol. The minimum atomic E-state index is 1.09. The molecule has 11 rings (SSSR count). The third-order valence-electron chi connectivity index (χ3n) is 11.6. The third-order valence-corrected chi connectivity index (χ3v) is 11.6. The van der Waals surface area contributed by atoms with Gasteiger partial charge in [0.2, 0.25) is 0 Å². The molecule has 0 amide bonds. The van der Waals surface area contributed by atoms with Gasteiger partial charge >= 0.3 is 0 Å². The van der Waals surface area contributed by atoms with E-state index in [0.29, 0.717) is 0 Å². The van der Waals surface area contributed by atoms with Crippen molar-refractivity contribution in [2.75, 3.05) is 4.90 Å². The van der Waals surface area contributed by atoms with Gasteiger partial charge in [0.05, 0.1) is 16.7 Å². The number of benzene rings is 10. The Morgan fingerprint density at radius 3 is 1.71 bits per heavy atom. The summed E-state index contributed by atoms with van der Waals surface area (Å²) >= 11 is 0. The zero-order chi connectivity index (χ0) is 38.4. The average Bonchev–Trinajstić information content (AvgIpc) is 3.65. The highest BCUT2D eigenvalue weighted by Gasteiger charge is 2.21. The first-order valence-corrected chi connectivity index (χ1v) is 19.9. The van der Waals surface area contributed by atoms with Crippen molar-refractivity contribution in [3.63, 3.8) is 0 Å². The molecule has 0 N–H and O–H groups in total. The number of rotatable bonds is 7. The predicted octanol–water partition coefficient (Wildman–Crippen LogP) is 15.6. The summed E-state index contributed by atoms with van der Waals surface area (Å²) in [5, 5.41) is 7.52. The van der Waals surface area contributed by atoms with Gasteiger partial charge in [-0.15, -0.1) is 0 Å². The van der Waals surface area contributed by atoms with E-state index in [-0.39, 0.29) is 0 Å². The number of fused-ring (bicyclic) bond motifs is 6. The van der Waals surface area contributed by atoms with Gasteiger partial charge in [-0.1, -0.05) is 176 Å². The van der Waals surface area contributed by atoms with Gasteiger partial charge in [-0.25, -0.2) is 0 Å². The second-order valence-electron chi connectivity index (χ2n) is 14.9. The van der Waals surface area contributed by atoms with Gasteiger partial charge in [-0.3, -0.25) is 0 Å². The van der Waals surface area contributed by atoms with Crippen LogP contribution in [0.5, 0.6) is 0 Å². The van der Waals surface area contributed by atoms with Gasteiger partial charge < -0.3 is 9.47 Å². The van der Waals surface area contributed by atoms with E-state index in [1.54, 1.807) is 0 Å². The molecule has 58 heavy (non-hydrogen) atoms. The molecule has 0 saturated heterocycles. The highest BCUT2D eigenvalue weighted by atomic mass is 15.1. The maximum absolute atomic E-state index is 2.42. The largest absolute Gasteiger partial charge is 0.310 e. The smallest absolute Gasteiger partial charge is 0.0547 e. The third kappa shape index (κ3) is 5.66. The lowest BCUT2D eigenvalue weighted by atomic mass is 9.96. The Morgan fingerprint density at radius 2 is 0.879 bits per heavy atom. The SMILES string of the molecule is c1ccc(-c2ccccc2N(c2ccc(-c3cccc4ccccc34)cc2)c2cccc(-c3cccc4c3c3c5ccccc5ccc3n4-c3ccccc3)c2)cc1. The van der Waals surface area contributed by atoms with Crippen LogP contribution in [-0.2, 0) is 0 Å². The Bertz CT molecular complexity index is 3260. The van der Waals surface area contributed by atoms with Crippen LogP contribution in [-0.4, -0.2) is 4.57 Å². The summed E-state index contributed by atoms with van der Waals surface area (Å²) in [6.45, 7) is 0. The fourth-order valence-corrected chi connectivity index (χ4v) is 8.96. The van der Waals surface area contributed by atoms with Crippen molar-refractivity contribution in [2.24, 2.45) is 0 Å². The maximum atomic E-state index is 2.42. The standard InChI is InChI=1S/C56H38N2/c1-3-16-40(17-4-1)49-26-11-12-30-52(49)57(45-35-32-42(33-36-45)48-28-14-20-39-18-7-9-25-47(39)48)46-24-13-21-43(38-46)51-29-15-31-53-56(51)55-50-27-10-8-19-41(50)34-37-54(55)58(53)44-22-5-2-6-23-44/h1-38H. The van der Waals surface area contributed by atoms with E-state index in [0.717, 1.165) is 28.3 Å². The van der Waals surface area contributed by atoms with Gasteiger partial charge in [0.25, 0.3) is 0 Å². The minimum absolute atomic E-state index is 1.09. The summed E-state index contributed by atoms with van der Waals surface area (Å²) in [7, 11) is 0. The van der Waals surface area contributed by atoms with E-state index in [1.807, 2.05) is 0 Å². The molecule has 0 unspecified atom stereocenters. The molecule has 0 radical (unpaired) electrons. The summed E-state index contributed by atoms with van der Waals surface area (Å²) in [5.74, 6) is 0. The van der Waals surface area contributed by atoms with Crippen LogP contribution in [0.15, 0.2) is 231 Å². The number of nitrogens with zero attached hydrogens (tertiary/aromatic N) is 2. The summed E-state index contributed by atoms with van der Waals surface area (Å²) in [6.07, 6.45) is 0. The molecule has 1 heterocycles. The summed E-state index contributed by atoms with van der Waals surface area (Å²) < 4.78 is 2.42. The van der Waals surface area contributed by atoms with Crippen molar-refractivity contribution in [1.29, 1.82) is 0 Å². The lowest BCUT2D eigenvalue weighted by molar-refractivity contribution is 1.18. The second-order valence-corrected chi connectivity index (χ2v) is 14.9. The Hall–Kier alpha value is -7.68. The number of para-hydroxylation sites is 2. The number of hydrogen-bond donors (Lipinski definition) is 0. The fraction of sp³-hybridized carbons (Fsp3) is 0. The molecule has 0 aliphatic carbocycles. The van der Waals surface area contributed by atoms with E-state index in [2.05, 4.69) is 240 Å². The Morgan fingerprint density at radius 1 is 0.310 bits per heavy atom. The predicted molar refractivity (Wildman–Crippen MR) is 247 cm³/mol. The molecular weight excluding hydrogens is 701 g/mol. The lowest BCUT2D eigenvalue weighted by Gasteiger charge is -2.28. The number of aromatic nitrogens is 1. The first kappa shape index (κ1) is 33.6. The average molecular weight is 739 g/mol. The van der Waals surface area contributed by atoms with Crippen molar-refractivity contribution in [3.05, 3.63) is 231 Å². The fourth-order valence-electron chi connectivity index (χ4n) is 8.96. The van der Waals surface area contributed by atoms with Gasteiger partial charge in [-0.05, 0) is 104 Å². The van der Waals surface area contributed by atoms with Crippen molar-refractivity contribution >= 4 is 60.4 Å². The van der Waals surface area contributed by atoms with Crippen molar-refractivity contribution in [2.45, 2.75) is 0 Å². The van der Waals surface area contributed by atoms with Crippen molar-refractivity contribution < 1.29 is 0 Å². The van der Waals surface area contributed by atoms with Crippen LogP contribution in [0.25, 0.3) is 82.4 Å². The number of anilines is 3. The zero-order valence-electron chi connectivity index (χ0n) is 31.8. The molecule has 10 aromatic carbocycles. The highest BCUT2D eigenvalue weighted by Crippen LogP contribution is 2.45. The maximum Gasteiger partial charge on any atom is 0.0547 e. The lowest BCUT2D eigenvalue weighted by Crippen LogP contribution is -2.11. The molecule has 11 aromatic rings. The normalized spacial score (nSPS) is 11.4. The molecule has 1 aromatic heterocycles. The van der Waals surface area contributed by atoms with Crippen LogP contribution in [0.4, 0.5) is 17.1 Å². The van der Waals surface area contributed by atoms with E-state index in [1.165, 1.54) is 71.2 Å². The van der Waals surface area contributed by atoms with Crippen molar-refractivity contribution in [1.82, 2.24) is 4.57 Å². The topological polar surface area (TPSA) is 8.17 Å². The molecule has 2 heteroatoms. The zero-order valence-corrected chi connectivity index (χ0v) is 31.8. The molecule has 0 fully saturated rings. The summed E-state index contributed by atoms with van der Waals surface area (Å²) in [4.78, 5) is 2.42. The molecule has 0 spiro atoms. The van der Waals surface area contributed by atoms with Crippen LogP contribution in [0.1, 0.15) is 0 Å². The molecule has 0 bridgehead atoms. The molecule has 0 aliphatic heterocycles. The first-order chi connectivity index (χ1) is 28.8. The van der Waals surface area contributed by atoms with Gasteiger partial charge in [0, 0.05) is 33.4 Å². The molecule has 272 valence electrons. The molecule has 0 atom stereocenters. The molecule has 2 nitrogen and oxygen atoms in total. The van der Waals surface area contributed by atoms with E-state index in [9.17, 15) is 0 Å². The second kappa shape index (κ2) is 14.1. The molecular formula is C56H38N2. The van der Waals surface area contributed by atoms with Crippen LogP contribution in [0.3, 0.4) is 0 Å². The Labute approximate surface area is 338 Å². The molecule has 0 saturated carbocycles. The quantitative estimate of drug-likeness (QED) is 0.158. The van der Waals surface area contributed by atoms with E-state index < -0.39 is 0 Å². The van der Waals surface area contributed by atoms with Crippen LogP contribution in [0.2, 0.25) is 0 Å². The van der Waals surface area contributed by atoms with Crippen LogP contribution in [0, 0.1) is 0 Å². The van der Waals surface area contributed by atoms with Gasteiger partial charge in [0.1, 0.15) is 0 Å². The van der Waals surface area contributed by atoms with Gasteiger partial charge in [-0.2, -0.15) is 0 Å². The number of hydrogen-bond acceptors (Lipinski definition) is 1. The molecule has 0 aliphatic rings. The summed E-state index contributed by atoms with van der Waals surface area (Å²) in [6, 6.07) is 83.6. The van der Waals surface area contributed by atoms with Gasteiger partial charge in [0.15, 0.2) is 0 Å². The van der Waals surface area contributed by atoms with Crippen molar-refractivity contribution in [3.8, 4) is 39.1 Å². The van der Waals surface area contributed by atoms with Crippen LogP contribution >= 0.6 is 0 Å². The van der Waals surface area contributed by atoms with E-state index >= 15 is 0 Å². The Balaban J connectivity index is 1.13. The minimum Gasteiger partial charge on any atom is -0.310 e.